The number of hydrogen-bond donors (Lipinski definition) is 3. The molecule has 1 saturated heterocycles. The Morgan fingerprint density at radius 3 is 2.57 bits per heavy atom. The van der Waals surface area contributed by atoms with Crippen molar-refractivity contribution >= 4 is 52.8 Å². The van der Waals surface area contributed by atoms with Gasteiger partial charge in [-0.25, -0.2) is 4.79 Å². The number of carbonyl (C=O) groups excluding carboxylic acids is 4. The van der Waals surface area contributed by atoms with Crippen LogP contribution in [-0.4, -0.2) is 70.0 Å². The van der Waals surface area contributed by atoms with Gasteiger partial charge in [0.1, 0.15) is 35.5 Å². The van der Waals surface area contributed by atoms with Crippen LogP contribution in [-0.2, 0) is 28.7 Å². The predicted octanol–water partition coefficient (Wildman–Crippen LogP) is 1.29. The third-order valence-electron chi connectivity index (χ3n) is 5.51. The van der Waals surface area contributed by atoms with Crippen molar-refractivity contribution in [1.29, 1.82) is 0 Å². The summed E-state index contributed by atoms with van der Waals surface area (Å²) in [4.78, 5) is 63.3. The Morgan fingerprint density at radius 1 is 1.16 bits per heavy atom. The van der Waals surface area contributed by atoms with Gasteiger partial charge in [-0.05, 0) is 23.6 Å². The minimum Gasteiger partial charge on any atom is -0.484 e. The summed E-state index contributed by atoms with van der Waals surface area (Å²) in [5.41, 5.74) is 0.0471. The summed E-state index contributed by atoms with van der Waals surface area (Å²) in [6, 6.07) is 10.1. The van der Waals surface area contributed by atoms with E-state index in [0.717, 1.165) is 4.90 Å². The zero-order valence-electron chi connectivity index (χ0n) is 19.5. The van der Waals surface area contributed by atoms with Gasteiger partial charge in [0, 0.05) is 23.1 Å². The van der Waals surface area contributed by atoms with Crippen molar-refractivity contribution in [3.63, 3.8) is 0 Å². The summed E-state index contributed by atoms with van der Waals surface area (Å²) in [5, 5.41) is 16.1. The van der Waals surface area contributed by atoms with Gasteiger partial charge in [-0.2, -0.15) is 0 Å². The fourth-order valence-corrected chi connectivity index (χ4v) is 5.91. The van der Waals surface area contributed by atoms with Crippen molar-refractivity contribution in [3.05, 3.63) is 64.0 Å². The summed E-state index contributed by atoms with van der Waals surface area (Å²) in [6.45, 7) is 0.650. The molecule has 1 aromatic carbocycles. The van der Waals surface area contributed by atoms with E-state index in [9.17, 15) is 29.1 Å². The number of carbonyl (C=O) groups is 5. The van der Waals surface area contributed by atoms with Crippen LogP contribution in [0, 0.1) is 0 Å². The van der Waals surface area contributed by atoms with Crippen LogP contribution in [0.25, 0.3) is 0 Å². The normalized spacial score (nSPS) is 19.3. The maximum atomic E-state index is 13.2. The number of thiophene rings is 1. The highest BCUT2D eigenvalue weighted by atomic mass is 32.2. The number of aliphatic carboxylic acids is 1. The molecule has 2 aliphatic rings. The van der Waals surface area contributed by atoms with Gasteiger partial charge in [0.2, 0.25) is 5.91 Å². The number of rotatable bonds is 10. The number of amides is 3. The van der Waals surface area contributed by atoms with E-state index in [4.69, 9.17) is 9.47 Å². The third kappa shape index (κ3) is 5.94. The second-order valence-corrected chi connectivity index (χ2v) is 10.1. The van der Waals surface area contributed by atoms with Gasteiger partial charge in [-0.3, -0.25) is 24.1 Å². The van der Waals surface area contributed by atoms with Crippen molar-refractivity contribution in [1.82, 2.24) is 15.5 Å². The molecule has 0 spiro atoms. The molecule has 3 N–H and O–H groups in total. The zero-order valence-corrected chi connectivity index (χ0v) is 21.2. The molecule has 2 aromatic rings. The summed E-state index contributed by atoms with van der Waals surface area (Å²) in [6.07, 6.45) is 0. The summed E-state index contributed by atoms with van der Waals surface area (Å²) in [7, 11) is 0. The lowest BCUT2D eigenvalue weighted by atomic mass is 10.0. The van der Waals surface area contributed by atoms with Crippen LogP contribution in [0.2, 0.25) is 0 Å². The maximum absolute atomic E-state index is 13.2. The molecule has 194 valence electrons. The monoisotopic (exact) mass is 545 g/mol. The molecule has 0 bridgehead atoms. The first-order valence-corrected chi connectivity index (χ1v) is 13.0. The molecule has 13 heteroatoms. The van der Waals surface area contributed by atoms with Crippen LogP contribution in [0.5, 0.6) is 5.75 Å². The number of hydrogen-bond acceptors (Lipinski definition) is 9. The zero-order chi connectivity index (χ0) is 26.5. The number of nitrogens with one attached hydrogen (secondary N) is 2. The average Bonchev–Trinajstić information content (AvgIpc) is 3.42. The number of thioether (sulfide) groups is 1. The fraction of sp³-hybridized carbons (Fsp3) is 0.292. The van der Waals surface area contributed by atoms with Crippen molar-refractivity contribution < 1.29 is 38.6 Å². The van der Waals surface area contributed by atoms with E-state index in [1.165, 1.54) is 30.0 Å². The SMILES string of the molecule is CC(=O)OCC1=C(C(=O)O)N2C(=O)[C@@H](NC(=O)C(NC(=O)COc3ccccc3)c3cccs3)[C@H]2SC1. The number of benzene rings is 1. The first-order chi connectivity index (χ1) is 17.8. The smallest absolute Gasteiger partial charge is 0.352 e. The standard InChI is InChI=1S/C24H23N3O8S2/c1-13(28)34-10-14-12-37-23-19(22(31)27(23)20(14)24(32)33)26-21(30)18(16-8-5-9-36-16)25-17(29)11-35-15-6-3-2-4-7-15/h2-9,18-19,23H,10-12H2,1H3,(H,25,29)(H,26,30)(H,32,33)/t18?,19-,23-/m1/s1. The van der Waals surface area contributed by atoms with Crippen LogP contribution >= 0.6 is 23.1 Å². The third-order valence-corrected chi connectivity index (χ3v) is 7.78. The molecular formula is C24H23N3O8S2. The molecule has 0 radical (unpaired) electrons. The number of carboxylic acid groups (broad SMARTS) is 1. The molecule has 3 heterocycles. The van der Waals surface area contributed by atoms with E-state index >= 15 is 0 Å². The van der Waals surface area contributed by atoms with E-state index < -0.39 is 47.1 Å². The van der Waals surface area contributed by atoms with E-state index in [-0.39, 0.29) is 24.7 Å². The van der Waals surface area contributed by atoms with E-state index in [1.54, 1.807) is 41.8 Å². The largest absolute Gasteiger partial charge is 0.484 e. The predicted molar refractivity (Wildman–Crippen MR) is 133 cm³/mol. The quantitative estimate of drug-likeness (QED) is 0.296. The van der Waals surface area contributed by atoms with Crippen molar-refractivity contribution in [2.75, 3.05) is 19.0 Å². The van der Waals surface area contributed by atoms with Crippen LogP contribution < -0.4 is 15.4 Å². The first kappa shape index (κ1) is 26.2. The second kappa shape index (κ2) is 11.5. The number of β-lactam (4-membered cyclic amide) rings is 1. The van der Waals surface area contributed by atoms with Gasteiger partial charge in [-0.1, -0.05) is 24.3 Å². The van der Waals surface area contributed by atoms with Gasteiger partial charge >= 0.3 is 11.9 Å². The lowest BCUT2D eigenvalue weighted by Gasteiger charge is -2.49. The molecule has 2 aliphatic heterocycles. The van der Waals surface area contributed by atoms with Crippen molar-refractivity contribution in [2.45, 2.75) is 24.4 Å². The van der Waals surface area contributed by atoms with Crippen LogP contribution in [0.15, 0.2) is 59.1 Å². The Hall–Kier alpha value is -3.84. The number of carboxylic acids is 1. The highest BCUT2D eigenvalue weighted by Crippen LogP contribution is 2.40. The highest BCUT2D eigenvalue weighted by Gasteiger charge is 2.54. The minimum absolute atomic E-state index is 0.206. The molecule has 4 rings (SSSR count). The van der Waals surface area contributed by atoms with Crippen LogP contribution in [0.3, 0.4) is 0 Å². The van der Waals surface area contributed by atoms with Crippen LogP contribution in [0.1, 0.15) is 17.8 Å². The van der Waals surface area contributed by atoms with Crippen molar-refractivity contribution in [2.24, 2.45) is 0 Å². The summed E-state index contributed by atoms with van der Waals surface area (Å²) in [5.74, 6) is -2.94. The average molecular weight is 546 g/mol. The number of fused-ring (bicyclic) bond motifs is 1. The van der Waals surface area contributed by atoms with Crippen molar-refractivity contribution in [3.8, 4) is 5.75 Å². The number of nitrogens with zero attached hydrogens (tertiary/aromatic N) is 1. The molecule has 37 heavy (non-hydrogen) atoms. The number of esters is 1. The number of para-hydroxylation sites is 1. The topological polar surface area (TPSA) is 151 Å². The Kier molecular flexibility index (Phi) is 8.14. The molecule has 0 saturated carbocycles. The maximum Gasteiger partial charge on any atom is 0.352 e. The van der Waals surface area contributed by atoms with E-state index in [1.807, 2.05) is 6.07 Å². The molecular weight excluding hydrogens is 522 g/mol. The van der Waals surface area contributed by atoms with E-state index in [2.05, 4.69) is 10.6 Å². The lowest BCUT2D eigenvalue weighted by Crippen LogP contribution is -2.71. The minimum atomic E-state index is -1.33. The lowest BCUT2D eigenvalue weighted by molar-refractivity contribution is -0.151. The van der Waals surface area contributed by atoms with Gasteiger partial charge < -0.3 is 25.2 Å². The van der Waals surface area contributed by atoms with Crippen LogP contribution in [0.4, 0.5) is 0 Å². The first-order valence-electron chi connectivity index (χ1n) is 11.1. The van der Waals surface area contributed by atoms with Gasteiger partial charge in [0.15, 0.2) is 6.61 Å². The second-order valence-electron chi connectivity index (χ2n) is 8.05. The summed E-state index contributed by atoms with van der Waals surface area (Å²) >= 11 is 2.51. The Morgan fingerprint density at radius 2 is 1.92 bits per heavy atom. The van der Waals surface area contributed by atoms with Gasteiger partial charge in [0.05, 0.1) is 0 Å². The van der Waals surface area contributed by atoms with Gasteiger partial charge in [-0.15, -0.1) is 23.1 Å². The fourth-order valence-electron chi connectivity index (χ4n) is 3.81. The Labute approximate surface area is 219 Å². The molecule has 1 fully saturated rings. The van der Waals surface area contributed by atoms with E-state index in [0.29, 0.717) is 16.2 Å². The summed E-state index contributed by atoms with van der Waals surface area (Å²) < 4.78 is 10.4. The molecule has 11 nitrogen and oxygen atoms in total. The molecule has 1 aromatic heterocycles. The van der Waals surface area contributed by atoms with Gasteiger partial charge in [0.25, 0.3) is 11.8 Å². The molecule has 1 unspecified atom stereocenters. The highest BCUT2D eigenvalue weighted by molar-refractivity contribution is 8.00. The molecule has 3 atom stereocenters. The molecule has 3 amide bonds. The Bertz CT molecular complexity index is 1230. The Balaban J connectivity index is 1.43. The molecule has 0 aliphatic carbocycles. The number of ether oxygens (including phenoxy) is 2.